The van der Waals surface area contributed by atoms with Gasteiger partial charge < -0.3 is 15.0 Å². The molecule has 2 heterocycles. The van der Waals surface area contributed by atoms with E-state index in [1.54, 1.807) is 36.2 Å². The van der Waals surface area contributed by atoms with Crippen LogP contribution in [0.2, 0.25) is 5.02 Å². The Morgan fingerprint density at radius 3 is 2.81 bits per heavy atom. The first-order chi connectivity index (χ1) is 12.4. The summed E-state index contributed by atoms with van der Waals surface area (Å²) in [4.78, 5) is 20.1. The first kappa shape index (κ1) is 17.9. The summed E-state index contributed by atoms with van der Waals surface area (Å²) in [6.45, 7) is 3.88. The summed E-state index contributed by atoms with van der Waals surface area (Å²) in [7, 11) is 1.57. The second-order valence-electron chi connectivity index (χ2n) is 5.81. The number of benzene rings is 1. The molecular formula is C17H19ClN6O2. The maximum absolute atomic E-state index is 11.3. The molecule has 26 heavy (non-hydrogen) atoms. The Bertz CT molecular complexity index is 949. The molecule has 0 saturated carbocycles. The molecule has 1 aromatic carbocycles. The van der Waals surface area contributed by atoms with Crippen LogP contribution < -0.4 is 10.5 Å². The van der Waals surface area contributed by atoms with Crippen molar-refractivity contribution >= 4 is 17.5 Å². The number of carbonyl (C=O) groups excluding carboxylic acids is 1. The minimum Gasteiger partial charge on any atom is -0.494 e. The average molecular weight is 375 g/mol. The van der Waals surface area contributed by atoms with Crippen LogP contribution in [0.4, 0.5) is 0 Å². The van der Waals surface area contributed by atoms with E-state index in [0.29, 0.717) is 28.1 Å². The normalized spacial score (nSPS) is 12.2. The van der Waals surface area contributed by atoms with Gasteiger partial charge in [-0.15, -0.1) is 0 Å². The molecule has 1 amide bonds. The van der Waals surface area contributed by atoms with Crippen LogP contribution in [0.1, 0.15) is 30.4 Å². The lowest BCUT2D eigenvalue weighted by Crippen LogP contribution is -2.15. The number of carbonyl (C=O) groups is 1. The molecule has 3 rings (SSSR count). The molecule has 2 aromatic heterocycles. The largest absolute Gasteiger partial charge is 0.494 e. The Balaban J connectivity index is 2.18. The third kappa shape index (κ3) is 3.41. The summed E-state index contributed by atoms with van der Waals surface area (Å²) in [5, 5.41) is 5.00. The fourth-order valence-electron chi connectivity index (χ4n) is 2.80. The van der Waals surface area contributed by atoms with Crippen LogP contribution in [0.5, 0.6) is 5.75 Å². The van der Waals surface area contributed by atoms with Crippen LogP contribution in [0.3, 0.4) is 0 Å². The van der Waals surface area contributed by atoms with Gasteiger partial charge in [0, 0.05) is 17.4 Å². The molecule has 0 saturated heterocycles. The van der Waals surface area contributed by atoms with E-state index < -0.39 is 5.91 Å². The Kier molecular flexibility index (Phi) is 4.94. The minimum atomic E-state index is -0.502. The Morgan fingerprint density at radius 2 is 2.19 bits per heavy atom. The Morgan fingerprint density at radius 1 is 1.42 bits per heavy atom. The molecule has 0 radical (unpaired) electrons. The second kappa shape index (κ2) is 7.17. The molecule has 0 spiro atoms. The van der Waals surface area contributed by atoms with Gasteiger partial charge in [0.2, 0.25) is 5.91 Å². The summed E-state index contributed by atoms with van der Waals surface area (Å²) in [5.74, 6) is 1.86. The fraction of sp³-hybridized carbons (Fsp3) is 0.294. The van der Waals surface area contributed by atoms with Crippen molar-refractivity contribution in [1.82, 2.24) is 24.3 Å². The number of aromatic nitrogens is 5. The maximum atomic E-state index is 11.3. The molecule has 0 fully saturated rings. The van der Waals surface area contributed by atoms with E-state index in [2.05, 4.69) is 15.1 Å². The van der Waals surface area contributed by atoms with E-state index in [1.807, 2.05) is 24.6 Å². The van der Waals surface area contributed by atoms with Crippen molar-refractivity contribution in [2.45, 2.75) is 26.3 Å². The Labute approximate surface area is 155 Å². The molecule has 9 heteroatoms. The highest BCUT2D eigenvalue weighted by molar-refractivity contribution is 6.30. The van der Waals surface area contributed by atoms with E-state index in [4.69, 9.17) is 22.1 Å². The van der Waals surface area contributed by atoms with Crippen molar-refractivity contribution in [1.29, 1.82) is 0 Å². The highest BCUT2D eigenvalue weighted by Gasteiger charge is 2.22. The summed E-state index contributed by atoms with van der Waals surface area (Å²) in [6, 6.07) is 5.04. The molecule has 0 aliphatic carbocycles. The van der Waals surface area contributed by atoms with E-state index in [1.165, 1.54) is 0 Å². The lowest BCUT2D eigenvalue weighted by Gasteiger charge is -2.17. The van der Waals surface area contributed by atoms with Gasteiger partial charge in [-0.2, -0.15) is 5.10 Å². The van der Waals surface area contributed by atoms with Gasteiger partial charge in [0.1, 0.15) is 17.3 Å². The predicted octanol–water partition coefficient (Wildman–Crippen LogP) is 2.07. The number of rotatable bonds is 6. The summed E-state index contributed by atoms with van der Waals surface area (Å²) >= 11 is 6.17. The number of imidazole rings is 1. The van der Waals surface area contributed by atoms with E-state index in [0.717, 1.165) is 5.82 Å². The van der Waals surface area contributed by atoms with Crippen LogP contribution in [0.15, 0.2) is 30.6 Å². The van der Waals surface area contributed by atoms with Crippen molar-refractivity contribution in [2.24, 2.45) is 5.73 Å². The Hall–Kier alpha value is -2.87. The standard InChI is InChI=1S/C17H19ClN6O2/c1-10(23-7-6-20-11(23)2)17-21-16(9-15(19)25)22-24(17)13-8-12(18)4-5-14(13)26-3/h4-8,10H,9H2,1-3H3,(H2,19,25)/t10-/m0/s1. The van der Waals surface area contributed by atoms with E-state index in [-0.39, 0.29) is 12.5 Å². The van der Waals surface area contributed by atoms with Gasteiger partial charge in [-0.05, 0) is 32.0 Å². The third-order valence-electron chi connectivity index (χ3n) is 4.03. The number of primary amides is 1. The molecule has 0 aliphatic rings. The van der Waals surface area contributed by atoms with Crippen molar-refractivity contribution in [3.05, 3.63) is 53.1 Å². The second-order valence-corrected chi connectivity index (χ2v) is 6.25. The summed E-state index contributed by atoms with van der Waals surface area (Å²) in [6.07, 6.45) is 3.53. The zero-order chi connectivity index (χ0) is 18.8. The van der Waals surface area contributed by atoms with Gasteiger partial charge in [-0.1, -0.05) is 11.6 Å². The number of nitrogens with zero attached hydrogens (tertiary/aromatic N) is 5. The van der Waals surface area contributed by atoms with Gasteiger partial charge >= 0.3 is 0 Å². The van der Waals surface area contributed by atoms with Crippen LogP contribution in [-0.2, 0) is 11.2 Å². The first-order valence-electron chi connectivity index (χ1n) is 7.98. The topological polar surface area (TPSA) is 101 Å². The summed E-state index contributed by atoms with van der Waals surface area (Å²) in [5.41, 5.74) is 5.94. The maximum Gasteiger partial charge on any atom is 0.225 e. The highest BCUT2D eigenvalue weighted by Crippen LogP contribution is 2.29. The fourth-order valence-corrected chi connectivity index (χ4v) is 2.96. The molecule has 2 N–H and O–H groups in total. The summed E-state index contributed by atoms with van der Waals surface area (Å²) < 4.78 is 9.03. The number of ether oxygens (including phenoxy) is 1. The molecule has 0 unspecified atom stereocenters. The number of hydrogen-bond acceptors (Lipinski definition) is 5. The number of hydrogen-bond donors (Lipinski definition) is 1. The number of amides is 1. The van der Waals surface area contributed by atoms with Gasteiger partial charge in [0.05, 0.1) is 19.6 Å². The van der Waals surface area contributed by atoms with Gasteiger partial charge in [0.25, 0.3) is 0 Å². The monoisotopic (exact) mass is 374 g/mol. The van der Waals surface area contributed by atoms with Gasteiger partial charge in [-0.25, -0.2) is 14.6 Å². The first-order valence-corrected chi connectivity index (χ1v) is 8.36. The van der Waals surface area contributed by atoms with E-state index in [9.17, 15) is 4.79 Å². The van der Waals surface area contributed by atoms with Crippen molar-refractivity contribution in [3.63, 3.8) is 0 Å². The molecule has 8 nitrogen and oxygen atoms in total. The van der Waals surface area contributed by atoms with Crippen LogP contribution >= 0.6 is 11.6 Å². The molecule has 0 aliphatic heterocycles. The van der Waals surface area contributed by atoms with Crippen molar-refractivity contribution in [3.8, 4) is 11.4 Å². The van der Waals surface area contributed by atoms with Crippen LogP contribution in [0, 0.1) is 6.92 Å². The molecule has 136 valence electrons. The van der Waals surface area contributed by atoms with Gasteiger partial charge in [-0.3, -0.25) is 4.79 Å². The van der Waals surface area contributed by atoms with Crippen molar-refractivity contribution < 1.29 is 9.53 Å². The quantitative estimate of drug-likeness (QED) is 0.711. The number of nitrogens with two attached hydrogens (primary N) is 1. The number of aryl methyl sites for hydroxylation is 1. The molecular weight excluding hydrogens is 356 g/mol. The zero-order valence-electron chi connectivity index (χ0n) is 14.7. The third-order valence-corrected chi connectivity index (χ3v) is 4.27. The molecule has 3 aromatic rings. The van der Waals surface area contributed by atoms with Crippen LogP contribution in [0.25, 0.3) is 5.69 Å². The molecule has 0 bridgehead atoms. The lowest BCUT2D eigenvalue weighted by molar-refractivity contribution is -0.117. The smallest absolute Gasteiger partial charge is 0.225 e. The average Bonchev–Trinajstić information content (AvgIpc) is 3.20. The lowest BCUT2D eigenvalue weighted by atomic mass is 10.2. The SMILES string of the molecule is COc1ccc(Cl)cc1-n1nc(CC(N)=O)nc1[C@H](C)n1ccnc1C. The number of methoxy groups -OCH3 is 1. The van der Waals surface area contributed by atoms with Crippen molar-refractivity contribution in [2.75, 3.05) is 7.11 Å². The van der Waals surface area contributed by atoms with Crippen LogP contribution in [-0.4, -0.2) is 37.3 Å². The minimum absolute atomic E-state index is 0.0570. The number of halogens is 1. The van der Waals surface area contributed by atoms with Gasteiger partial charge in [0.15, 0.2) is 11.6 Å². The molecule has 1 atom stereocenters. The highest BCUT2D eigenvalue weighted by atomic mass is 35.5. The predicted molar refractivity (Wildman–Crippen MR) is 96.6 cm³/mol. The zero-order valence-corrected chi connectivity index (χ0v) is 15.4. The van der Waals surface area contributed by atoms with E-state index >= 15 is 0 Å².